The minimum absolute atomic E-state index is 0.0484. The number of furan rings is 1. The van der Waals surface area contributed by atoms with Gasteiger partial charge in [-0.25, -0.2) is 0 Å². The molecule has 5 heteroatoms. The monoisotopic (exact) mass is 238 g/mol. The van der Waals surface area contributed by atoms with Crippen LogP contribution >= 0.6 is 0 Å². The maximum Gasteiger partial charge on any atom is 0.289 e. The molecule has 17 heavy (non-hydrogen) atoms. The molecule has 1 N–H and O–H groups in total. The fraction of sp³-hybridized carbons (Fsp3) is 0.583. The Labute approximate surface area is 101 Å². The van der Waals surface area contributed by atoms with Crippen molar-refractivity contribution in [3.63, 3.8) is 0 Å². The van der Waals surface area contributed by atoms with Crippen molar-refractivity contribution in [1.29, 1.82) is 0 Å². The summed E-state index contributed by atoms with van der Waals surface area (Å²) in [6.07, 6.45) is 2.56. The van der Waals surface area contributed by atoms with E-state index in [0.717, 1.165) is 13.0 Å². The Morgan fingerprint density at radius 3 is 3.24 bits per heavy atom. The first-order valence-electron chi connectivity index (χ1n) is 5.90. The van der Waals surface area contributed by atoms with Crippen LogP contribution in [0, 0.1) is 0 Å². The van der Waals surface area contributed by atoms with Crippen LogP contribution in [0.15, 0.2) is 22.8 Å². The van der Waals surface area contributed by atoms with Crippen molar-refractivity contribution in [3.05, 3.63) is 24.2 Å². The van der Waals surface area contributed by atoms with Crippen molar-refractivity contribution in [2.45, 2.75) is 12.5 Å². The fourth-order valence-corrected chi connectivity index (χ4v) is 1.94. The molecule has 2 heterocycles. The molecule has 0 saturated carbocycles. The van der Waals surface area contributed by atoms with Crippen LogP contribution in [0.1, 0.15) is 17.0 Å². The van der Waals surface area contributed by atoms with Crippen molar-refractivity contribution < 1.29 is 13.9 Å². The van der Waals surface area contributed by atoms with Gasteiger partial charge in [-0.2, -0.15) is 0 Å². The summed E-state index contributed by atoms with van der Waals surface area (Å²) in [5.74, 6) is 0.354. The lowest BCUT2D eigenvalue weighted by Gasteiger charge is -2.32. The van der Waals surface area contributed by atoms with Gasteiger partial charge < -0.3 is 19.4 Å². The van der Waals surface area contributed by atoms with Gasteiger partial charge in [0, 0.05) is 13.1 Å². The van der Waals surface area contributed by atoms with Gasteiger partial charge in [0.15, 0.2) is 5.76 Å². The Bertz CT molecular complexity index is 351. The van der Waals surface area contributed by atoms with Crippen LogP contribution in [0.2, 0.25) is 0 Å². The molecule has 0 radical (unpaired) electrons. The standard InChI is InChI=1S/C12H18N2O3/c1-13-5-4-10-9-14(6-8-16-10)12(15)11-3-2-7-17-11/h2-3,7,10,13H,4-6,8-9H2,1H3. The van der Waals surface area contributed by atoms with Crippen molar-refractivity contribution >= 4 is 5.91 Å². The Hall–Kier alpha value is -1.33. The van der Waals surface area contributed by atoms with E-state index in [2.05, 4.69) is 5.32 Å². The van der Waals surface area contributed by atoms with E-state index in [1.54, 1.807) is 17.0 Å². The molecule has 1 amide bonds. The summed E-state index contributed by atoms with van der Waals surface area (Å²) in [5.41, 5.74) is 0. The molecule has 1 fully saturated rings. The molecule has 1 aromatic rings. The first-order valence-corrected chi connectivity index (χ1v) is 5.90. The normalized spacial score (nSPS) is 20.5. The molecule has 1 saturated heterocycles. The maximum absolute atomic E-state index is 12.0. The van der Waals surface area contributed by atoms with Crippen LogP contribution in [0.4, 0.5) is 0 Å². The molecule has 0 spiro atoms. The maximum atomic E-state index is 12.0. The number of nitrogens with one attached hydrogen (secondary N) is 1. The van der Waals surface area contributed by atoms with Crippen LogP contribution in [0.25, 0.3) is 0 Å². The number of hydrogen-bond donors (Lipinski definition) is 1. The smallest absolute Gasteiger partial charge is 0.289 e. The van der Waals surface area contributed by atoms with Gasteiger partial charge in [0.2, 0.25) is 0 Å². The zero-order chi connectivity index (χ0) is 12.1. The molecule has 0 aromatic carbocycles. The molecular formula is C12H18N2O3. The molecule has 1 atom stereocenters. The summed E-state index contributed by atoms with van der Waals surface area (Å²) >= 11 is 0. The molecule has 0 aliphatic carbocycles. The number of morpholine rings is 1. The summed E-state index contributed by atoms with van der Waals surface area (Å²) < 4.78 is 10.7. The highest BCUT2D eigenvalue weighted by atomic mass is 16.5. The lowest BCUT2D eigenvalue weighted by molar-refractivity contribution is -0.0252. The number of carbonyl (C=O) groups excluding carboxylic acids is 1. The van der Waals surface area contributed by atoms with Crippen molar-refractivity contribution in [1.82, 2.24) is 10.2 Å². The summed E-state index contributed by atoms with van der Waals surface area (Å²) in [6.45, 7) is 2.77. The van der Waals surface area contributed by atoms with Crippen LogP contribution in [-0.2, 0) is 4.74 Å². The highest BCUT2D eigenvalue weighted by Gasteiger charge is 2.25. The molecular weight excluding hydrogens is 220 g/mol. The van der Waals surface area contributed by atoms with E-state index in [1.807, 2.05) is 7.05 Å². The third-order valence-corrected chi connectivity index (χ3v) is 2.87. The fourth-order valence-electron chi connectivity index (χ4n) is 1.94. The van der Waals surface area contributed by atoms with Crippen LogP contribution < -0.4 is 5.32 Å². The Morgan fingerprint density at radius 1 is 1.65 bits per heavy atom. The van der Waals surface area contributed by atoms with Gasteiger partial charge in [-0.05, 0) is 32.1 Å². The predicted octanol–water partition coefficient (Wildman–Crippen LogP) is 0.730. The Balaban J connectivity index is 1.90. The lowest BCUT2D eigenvalue weighted by atomic mass is 10.2. The van der Waals surface area contributed by atoms with Crippen LogP contribution in [0.3, 0.4) is 0 Å². The molecule has 94 valence electrons. The topological polar surface area (TPSA) is 54.7 Å². The third-order valence-electron chi connectivity index (χ3n) is 2.87. The van der Waals surface area contributed by atoms with Crippen molar-refractivity contribution in [2.24, 2.45) is 0 Å². The van der Waals surface area contributed by atoms with Gasteiger partial charge in [0.25, 0.3) is 5.91 Å². The molecule has 1 aliphatic heterocycles. The number of amides is 1. The van der Waals surface area contributed by atoms with Crippen molar-refractivity contribution in [2.75, 3.05) is 33.3 Å². The molecule has 5 nitrogen and oxygen atoms in total. The summed E-state index contributed by atoms with van der Waals surface area (Å²) in [4.78, 5) is 13.8. The average molecular weight is 238 g/mol. The largest absolute Gasteiger partial charge is 0.459 e. The number of rotatable bonds is 4. The third kappa shape index (κ3) is 3.08. The van der Waals surface area contributed by atoms with Gasteiger partial charge >= 0.3 is 0 Å². The second-order valence-electron chi connectivity index (χ2n) is 4.11. The molecule has 0 bridgehead atoms. The number of nitrogens with zero attached hydrogens (tertiary/aromatic N) is 1. The first kappa shape index (κ1) is 12.1. The van der Waals surface area contributed by atoms with E-state index < -0.39 is 0 Å². The Kier molecular flexibility index (Phi) is 4.17. The number of hydrogen-bond acceptors (Lipinski definition) is 4. The van der Waals surface area contributed by atoms with Crippen LogP contribution in [-0.4, -0.2) is 50.2 Å². The second-order valence-corrected chi connectivity index (χ2v) is 4.11. The quantitative estimate of drug-likeness (QED) is 0.840. The molecule has 1 aliphatic rings. The number of carbonyl (C=O) groups is 1. The van der Waals surface area contributed by atoms with E-state index in [1.165, 1.54) is 6.26 Å². The highest BCUT2D eigenvalue weighted by Crippen LogP contribution is 2.12. The van der Waals surface area contributed by atoms with Crippen molar-refractivity contribution in [3.8, 4) is 0 Å². The Morgan fingerprint density at radius 2 is 2.53 bits per heavy atom. The lowest BCUT2D eigenvalue weighted by Crippen LogP contribution is -2.46. The zero-order valence-corrected chi connectivity index (χ0v) is 10.0. The average Bonchev–Trinajstić information content (AvgIpc) is 2.89. The van der Waals surface area contributed by atoms with E-state index in [4.69, 9.17) is 9.15 Å². The molecule has 1 unspecified atom stereocenters. The second kappa shape index (κ2) is 5.84. The van der Waals surface area contributed by atoms with E-state index in [0.29, 0.717) is 25.5 Å². The molecule has 1 aromatic heterocycles. The SMILES string of the molecule is CNCCC1CN(C(=O)c2ccco2)CCO1. The van der Waals surface area contributed by atoms with Gasteiger partial charge in [0.05, 0.1) is 19.0 Å². The van der Waals surface area contributed by atoms with Crippen LogP contribution in [0.5, 0.6) is 0 Å². The summed E-state index contributed by atoms with van der Waals surface area (Å²) in [7, 11) is 1.91. The van der Waals surface area contributed by atoms with Gasteiger partial charge in [-0.15, -0.1) is 0 Å². The van der Waals surface area contributed by atoms with E-state index in [-0.39, 0.29) is 12.0 Å². The first-order chi connectivity index (χ1) is 8.31. The highest BCUT2D eigenvalue weighted by molar-refractivity contribution is 5.91. The van der Waals surface area contributed by atoms with E-state index >= 15 is 0 Å². The summed E-state index contributed by atoms with van der Waals surface area (Å²) in [6, 6.07) is 3.42. The molecule has 2 rings (SSSR count). The minimum atomic E-state index is -0.0484. The summed E-state index contributed by atoms with van der Waals surface area (Å²) in [5, 5.41) is 3.08. The van der Waals surface area contributed by atoms with Gasteiger partial charge in [-0.1, -0.05) is 0 Å². The van der Waals surface area contributed by atoms with Gasteiger partial charge in [-0.3, -0.25) is 4.79 Å². The zero-order valence-electron chi connectivity index (χ0n) is 10.0. The minimum Gasteiger partial charge on any atom is -0.459 e. The predicted molar refractivity (Wildman–Crippen MR) is 62.9 cm³/mol. The van der Waals surface area contributed by atoms with Gasteiger partial charge in [0.1, 0.15) is 0 Å². The van der Waals surface area contributed by atoms with E-state index in [9.17, 15) is 4.79 Å². The number of ether oxygens (including phenoxy) is 1.